The lowest BCUT2D eigenvalue weighted by Gasteiger charge is -2.08. The number of fused-ring (bicyclic) bond motifs is 2. The summed E-state index contributed by atoms with van der Waals surface area (Å²) in [6.45, 7) is 0. The van der Waals surface area contributed by atoms with E-state index in [1.54, 1.807) is 11.8 Å². The van der Waals surface area contributed by atoms with Gasteiger partial charge in [0.2, 0.25) is 0 Å². The smallest absolute Gasteiger partial charge is 0.109 e. The van der Waals surface area contributed by atoms with E-state index in [4.69, 9.17) is 0 Å². The molecule has 0 atom stereocenters. The highest BCUT2D eigenvalue weighted by molar-refractivity contribution is 7.99. The lowest BCUT2D eigenvalue weighted by atomic mass is 10.1. The number of hydrogen-bond acceptors (Lipinski definition) is 2. The third-order valence-corrected chi connectivity index (χ3v) is 4.69. The van der Waals surface area contributed by atoms with Crippen molar-refractivity contribution in [3.05, 3.63) is 79.0 Å². The minimum absolute atomic E-state index is 1.06. The molecule has 1 heterocycles. The first-order chi connectivity index (χ1) is 10.4. The van der Waals surface area contributed by atoms with Gasteiger partial charge in [-0.25, -0.2) is 4.98 Å². The average molecular weight is 287 g/mol. The van der Waals surface area contributed by atoms with Crippen molar-refractivity contribution >= 4 is 33.3 Å². The van der Waals surface area contributed by atoms with Gasteiger partial charge in [0, 0.05) is 16.5 Å². The average Bonchev–Trinajstić information content (AvgIpc) is 2.56. The van der Waals surface area contributed by atoms with E-state index in [1.807, 2.05) is 6.20 Å². The zero-order valence-corrected chi connectivity index (χ0v) is 12.2. The van der Waals surface area contributed by atoms with E-state index in [2.05, 4.69) is 77.8 Å². The molecule has 21 heavy (non-hydrogen) atoms. The van der Waals surface area contributed by atoms with E-state index in [-0.39, 0.29) is 0 Å². The van der Waals surface area contributed by atoms with Crippen molar-refractivity contribution in [1.82, 2.24) is 4.98 Å². The van der Waals surface area contributed by atoms with Crippen LogP contribution in [-0.2, 0) is 0 Å². The third kappa shape index (κ3) is 2.28. The molecule has 1 nitrogen and oxygen atoms in total. The highest BCUT2D eigenvalue weighted by Crippen LogP contribution is 2.35. The topological polar surface area (TPSA) is 12.9 Å². The largest absolute Gasteiger partial charge is 0.249 e. The van der Waals surface area contributed by atoms with Gasteiger partial charge in [0.15, 0.2) is 0 Å². The van der Waals surface area contributed by atoms with E-state index in [9.17, 15) is 0 Å². The minimum atomic E-state index is 1.06. The first kappa shape index (κ1) is 12.4. The molecule has 0 aliphatic heterocycles. The second-order valence-corrected chi connectivity index (χ2v) is 5.95. The Kier molecular flexibility index (Phi) is 3.09. The molecular formula is C19H13NS. The first-order valence-electron chi connectivity index (χ1n) is 6.91. The highest BCUT2D eigenvalue weighted by atomic mass is 32.2. The Bertz CT molecular complexity index is 843. The molecule has 4 aromatic rings. The number of nitrogens with zero attached hydrogens (tertiary/aromatic N) is 1. The molecule has 0 N–H and O–H groups in total. The van der Waals surface area contributed by atoms with Crippen LogP contribution in [0.1, 0.15) is 0 Å². The summed E-state index contributed by atoms with van der Waals surface area (Å²) in [4.78, 5) is 5.82. The summed E-state index contributed by atoms with van der Waals surface area (Å²) in [5.74, 6) is 0. The Morgan fingerprint density at radius 3 is 2.14 bits per heavy atom. The number of aromatic nitrogens is 1. The molecule has 0 bridgehead atoms. The van der Waals surface area contributed by atoms with E-state index in [0.717, 1.165) is 5.03 Å². The van der Waals surface area contributed by atoms with Gasteiger partial charge in [-0.3, -0.25) is 0 Å². The van der Waals surface area contributed by atoms with Gasteiger partial charge in [0.25, 0.3) is 0 Å². The van der Waals surface area contributed by atoms with Gasteiger partial charge in [-0.05, 0) is 28.3 Å². The summed E-state index contributed by atoms with van der Waals surface area (Å²) in [6, 6.07) is 25.4. The van der Waals surface area contributed by atoms with Crippen LogP contribution in [-0.4, -0.2) is 4.98 Å². The summed E-state index contributed by atoms with van der Waals surface area (Å²) >= 11 is 1.74. The fraction of sp³-hybridized carbons (Fsp3) is 0. The number of benzene rings is 3. The maximum atomic E-state index is 4.57. The Morgan fingerprint density at radius 2 is 1.29 bits per heavy atom. The van der Waals surface area contributed by atoms with Crippen LogP contribution >= 0.6 is 11.8 Å². The SMILES string of the molecule is c1ccc2c(Sc3nccc4ccccc34)cccc2c1. The molecule has 0 spiro atoms. The van der Waals surface area contributed by atoms with Crippen LogP contribution in [0.15, 0.2) is 88.9 Å². The second-order valence-electron chi connectivity index (χ2n) is 4.92. The summed E-state index contributed by atoms with van der Waals surface area (Å²) in [5.41, 5.74) is 0. The Morgan fingerprint density at radius 1 is 0.619 bits per heavy atom. The van der Waals surface area contributed by atoms with Crippen LogP contribution in [0.4, 0.5) is 0 Å². The predicted octanol–water partition coefficient (Wildman–Crippen LogP) is 5.54. The second kappa shape index (κ2) is 5.23. The van der Waals surface area contributed by atoms with Gasteiger partial charge in [0.1, 0.15) is 5.03 Å². The Labute approximate surface area is 127 Å². The van der Waals surface area contributed by atoms with Crippen molar-refractivity contribution in [2.75, 3.05) is 0 Å². The fourth-order valence-electron chi connectivity index (χ4n) is 2.56. The van der Waals surface area contributed by atoms with Gasteiger partial charge in [-0.15, -0.1) is 0 Å². The molecule has 2 heteroatoms. The third-order valence-electron chi connectivity index (χ3n) is 3.59. The Hall–Kier alpha value is -2.32. The zero-order chi connectivity index (χ0) is 14.1. The summed E-state index contributed by atoms with van der Waals surface area (Å²) in [6.07, 6.45) is 1.88. The van der Waals surface area contributed by atoms with Crippen LogP contribution in [0.2, 0.25) is 0 Å². The van der Waals surface area contributed by atoms with Crippen molar-refractivity contribution in [3.63, 3.8) is 0 Å². The summed E-state index contributed by atoms with van der Waals surface area (Å²) in [5, 5.41) is 6.04. The lowest BCUT2D eigenvalue weighted by molar-refractivity contribution is 1.18. The lowest BCUT2D eigenvalue weighted by Crippen LogP contribution is -1.84. The molecule has 0 saturated heterocycles. The number of pyridine rings is 1. The molecule has 100 valence electrons. The van der Waals surface area contributed by atoms with Crippen molar-refractivity contribution < 1.29 is 0 Å². The number of rotatable bonds is 2. The molecule has 0 saturated carbocycles. The number of hydrogen-bond donors (Lipinski definition) is 0. The van der Waals surface area contributed by atoms with Crippen LogP contribution in [0.5, 0.6) is 0 Å². The molecule has 0 fully saturated rings. The maximum absolute atomic E-state index is 4.57. The standard InChI is InChI=1S/C19H13NS/c1-3-9-16-14(6-1)8-5-11-18(16)21-19-17-10-4-2-7-15(17)12-13-20-19/h1-13H. The van der Waals surface area contributed by atoms with Gasteiger partial charge in [-0.2, -0.15) is 0 Å². The first-order valence-corrected chi connectivity index (χ1v) is 7.73. The molecule has 0 radical (unpaired) electrons. The zero-order valence-electron chi connectivity index (χ0n) is 11.4. The van der Waals surface area contributed by atoms with Gasteiger partial charge < -0.3 is 0 Å². The van der Waals surface area contributed by atoms with E-state index in [1.165, 1.54) is 26.4 Å². The molecule has 3 aromatic carbocycles. The van der Waals surface area contributed by atoms with Gasteiger partial charge in [-0.1, -0.05) is 72.4 Å². The van der Waals surface area contributed by atoms with E-state index >= 15 is 0 Å². The molecule has 0 aliphatic carbocycles. The summed E-state index contributed by atoms with van der Waals surface area (Å²) in [7, 11) is 0. The van der Waals surface area contributed by atoms with E-state index < -0.39 is 0 Å². The minimum Gasteiger partial charge on any atom is -0.249 e. The highest BCUT2D eigenvalue weighted by Gasteiger charge is 2.06. The monoisotopic (exact) mass is 287 g/mol. The van der Waals surface area contributed by atoms with Crippen LogP contribution in [0.3, 0.4) is 0 Å². The maximum Gasteiger partial charge on any atom is 0.109 e. The summed E-state index contributed by atoms with van der Waals surface area (Å²) < 4.78 is 0. The van der Waals surface area contributed by atoms with Crippen molar-refractivity contribution in [3.8, 4) is 0 Å². The predicted molar refractivity (Wildman–Crippen MR) is 89.8 cm³/mol. The van der Waals surface area contributed by atoms with E-state index in [0.29, 0.717) is 0 Å². The quantitative estimate of drug-likeness (QED) is 0.480. The Balaban J connectivity index is 1.87. The molecule has 0 unspecified atom stereocenters. The molecule has 0 aliphatic rings. The van der Waals surface area contributed by atoms with Crippen LogP contribution in [0.25, 0.3) is 21.5 Å². The molecular weight excluding hydrogens is 274 g/mol. The van der Waals surface area contributed by atoms with Crippen molar-refractivity contribution in [2.24, 2.45) is 0 Å². The van der Waals surface area contributed by atoms with Crippen molar-refractivity contribution in [1.29, 1.82) is 0 Å². The van der Waals surface area contributed by atoms with Crippen molar-refractivity contribution in [2.45, 2.75) is 9.92 Å². The van der Waals surface area contributed by atoms with Gasteiger partial charge >= 0.3 is 0 Å². The fourth-order valence-corrected chi connectivity index (χ4v) is 3.62. The molecule has 4 rings (SSSR count). The molecule has 0 amide bonds. The normalized spacial score (nSPS) is 11.0. The van der Waals surface area contributed by atoms with Gasteiger partial charge in [0.05, 0.1) is 0 Å². The van der Waals surface area contributed by atoms with Crippen LogP contribution in [0, 0.1) is 0 Å². The van der Waals surface area contributed by atoms with Crippen LogP contribution < -0.4 is 0 Å². The molecule has 1 aromatic heterocycles.